The van der Waals surface area contributed by atoms with Gasteiger partial charge in [0.25, 0.3) is 0 Å². The second-order valence-electron chi connectivity index (χ2n) is 8.68. The van der Waals surface area contributed by atoms with E-state index in [1.54, 1.807) is 0 Å². The van der Waals surface area contributed by atoms with E-state index >= 15 is 0 Å². The minimum atomic E-state index is 0.308. The molecule has 2 saturated carbocycles. The molecule has 2 aromatic heterocycles. The van der Waals surface area contributed by atoms with Crippen LogP contribution in [0.2, 0.25) is 5.02 Å². The molecule has 150 valence electrons. The Kier molecular flexibility index (Phi) is 4.03. The van der Waals surface area contributed by atoms with E-state index in [9.17, 15) is 0 Å². The Morgan fingerprint density at radius 3 is 2.76 bits per heavy atom. The summed E-state index contributed by atoms with van der Waals surface area (Å²) >= 11 is 6.08. The first-order valence-electron chi connectivity index (χ1n) is 10.3. The quantitative estimate of drug-likeness (QED) is 0.614. The Labute approximate surface area is 173 Å². The molecule has 7 nitrogen and oxygen atoms in total. The lowest BCUT2D eigenvalue weighted by Crippen LogP contribution is -2.34. The van der Waals surface area contributed by atoms with E-state index in [0.29, 0.717) is 28.1 Å². The van der Waals surface area contributed by atoms with Crippen LogP contribution in [0.1, 0.15) is 61.5 Å². The maximum Gasteiger partial charge on any atom is 0.240 e. The minimum Gasteiger partial charge on any atom is -0.339 e. The van der Waals surface area contributed by atoms with Crippen molar-refractivity contribution in [3.05, 3.63) is 46.9 Å². The summed E-state index contributed by atoms with van der Waals surface area (Å²) in [6.45, 7) is 2.82. The highest BCUT2D eigenvalue weighted by Gasteiger charge is 2.58. The molecule has 8 heteroatoms. The normalized spacial score (nSPS) is 23.6. The van der Waals surface area contributed by atoms with Gasteiger partial charge in [-0.2, -0.15) is 9.97 Å². The summed E-state index contributed by atoms with van der Waals surface area (Å²) in [6, 6.07) is 7.56. The summed E-state index contributed by atoms with van der Waals surface area (Å²) in [7, 11) is 0. The predicted octanol–water partition coefficient (Wildman–Crippen LogP) is 4.42. The highest BCUT2D eigenvalue weighted by molar-refractivity contribution is 6.30. The molecule has 0 N–H and O–H groups in total. The fraction of sp³-hybridized carbons (Fsp3) is 0.524. The Morgan fingerprint density at radius 2 is 1.97 bits per heavy atom. The second kappa shape index (κ2) is 6.64. The molecule has 1 spiro atoms. The van der Waals surface area contributed by atoms with Gasteiger partial charge in [-0.25, -0.2) is 0 Å². The van der Waals surface area contributed by atoms with Crippen molar-refractivity contribution >= 4 is 11.6 Å². The fourth-order valence-electron chi connectivity index (χ4n) is 4.56. The van der Waals surface area contributed by atoms with E-state index in [1.807, 2.05) is 24.3 Å². The average molecular weight is 412 g/mol. The number of nitrogens with zero attached hydrogens (tertiary/aromatic N) is 5. The maximum absolute atomic E-state index is 6.08. The van der Waals surface area contributed by atoms with Crippen molar-refractivity contribution < 1.29 is 9.05 Å². The zero-order chi connectivity index (χ0) is 19.4. The average Bonchev–Trinajstić information content (AvgIpc) is 3.59. The van der Waals surface area contributed by atoms with Crippen LogP contribution in [0.25, 0.3) is 11.4 Å². The monoisotopic (exact) mass is 411 g/mol. The number of hydrogen-bond donors (Lipinski definition) is 0. The van der Waals surface area contributed by atoms with E-state index < -0.39 is 0 Å². The molecule has 3 aliphatic rings. The van der Waals surface area contributed by atoms with Crippen molar-refractivity contribution in [1.29, 1.82) is 0 Å². The number of aromatic nitrogens is 4. The fourth-order valence-corrected chi connectivity index (χ4v) is 4.75. The zero-order valence-electron chi connectivity index (χ0n) is 16.1. The van der Waals surface area contributed by atoms with Crippen molar-refractivity contribution in [1.82, 2.24) is 25.2 Å². The lowest BCUT2D eigenvalue weighted by atomic mass is 9.91. The van der Waals surface area contributed by atoms with Crippen molar-refractivity contribution in [3.8, 4) is 11.4 Å². The molecule has 6 rings (SSSR count). The molecule has 0 radical (unpaired) electrons. The zero-order valence-corrected chi connectivity index (χ0v) is 16.8. The van der Waals surface area contributed by atoms with Crippen LogP contribution in [0.4, 0.5) is 0 Å². The van der Waals surface area contributed by atoms with Crippen molar-refractivity contribution in [2.24, 2.45) is 5.41 Å². The Hall–Kier alpha value is -2.25. The minimum absolute atomic E-state index is 0.308. The number of piperidine rings is 1. The third kappa shape index (κ3) is 3.36. The smallest absolute Gasteiger partial charge is 0.240 e. The van der Waals surface area contributed by atoms with E-state index in [4.69, 9.17) is 20.6 Å². The van der Waals surface area contributed by atoms with Gasteiger partial charge in [-0.3, -0.25) is 4.90 Å². The van der Waals surface area contributed by atoms with Gasteiger partial charge in [-0.05, 0) is 62.7 Å². The maximum atomic E-state index is 6.08. The van der Waals surface area contributed by atoms with Gasteiger partial charge in [0.15, 0.2) is 5.82 Å². The summed E-state index contributed by atoms with van der Waals surface area (Å²) in [5, 5.41) is 8.97. The summed E-state index contributed by atoms with van der Waals surface area (Å²) in [4.78, 5) is 11.6. The van der Waals surface area contributed by atoms with Gasteiger partial charge in [0, 0.05) is 22.4 Å². The number of benzene rings is 1. The van der Waals surface area contributed by atoms with E-state index in [0.717, 1.165) is 62.1 Å². The lowest BCUT2D eigenvalue weighted by Gasteiger charge is -2.31. The van der Waals surface area contributed by atoms with Gasteiger partial charge in [0.05, 0.1) is 6.54 Å². The van der Waals surface area contributed by atoms with Gasteiger partial charge in [0.1, 0.15) is 0 Å². The molecule has 1 atom stereocenters. The Bertz CT molecular complexity index is 1040. The molecule has 1 saturated heterocycles. The number of halogens is 1. The van der Waals surface area contributed by atoms with Crippen LogP contribution in [0.3, 0.4) is 0 Å². The van der Waals surface area contributed by atoms with Crippen LogP contribution in [0.5, 0.6) is 0 Å². The van der Waals surface area contributed by atoms with E-state index in [-0.39, 0.29) is 0 Å². The van der Waals surface area contributed by atoms with Gasteiger partial charge < -0.3 is 9.05 Å². The number of rotatable bonds is 5. The molecule has 3 heterocycles. The summed E-state index contributed by atoms with van der Waals surface area (Å²) < 4.78 is 11.0. The highest BCUT2D eigenvalue weighted by Crippen LogP contribution is 2.64. The van der Waals surface area contributed by atoms with Crippen molar-refractivity contribution in [2.45, 2.75) is 50.5 Å². The topological polar surface area (TPSA) is 81.1 Å². The van der Waals surface area contributed by atoms with Gasteiger partial charge in [0.2, 0.25) is 17.6 Å². The van der Waals surface area contributed by atoms with Crippen LogP contribution >= 0.6 is 11.6 Å². The van der Waals surface area contributed by atoms with E-state index in [2.05, 4.69) is 25.2 Å². The molecule has 0 bridgehead atoms. The Morgan fingerprint density at radius 1 is 1.10 bits per heavy atom. The van der Waals surface area contributed by atoms with Crippen molar-refractivity contribution in [2.75, 3.05) is 13.1 Å². The molecule has 3 fully saturated rings. The number of hydrogen-bond acceptors (Lipinski definition) is 7. The Balaban J connectivity index is 1.08. The van der Waals surface area contributed by atoms with Crippen LogP contribution in [0.15, 0.2) is 33.3 Å². The molecular weight excluding hydrogens is 390 g/mol. The van der Waals surface area contributed by atoms with Crippen molar-refractivity contribution in [3.63, 3.8) is 0 Å². The predicted molar refractivity (Wildman–Crippen MR) is 105 cm³/mol. The molecule has 1 aliphatic heterocycles. The molecule has 0 amide bonds. The molecule has 29 heavy (non-hydrogen) atoms. The first-order valence-corrected chi connectivity index (χ1v) is 10.7. The second-order valence-corrected chi connectivity index (χ2v) is 9.12. The third-order valence-corrected chi connectivity index (χ3v) is 6.88. The molecule has 0 unspecified atom stereocenters. The largest absolute Gasteiger partial charge is 0.339 e. The summed E-state index contributed by atoms with van der Waals surface area (Å²) in [5.41, 5.74) is 1.20. The van der Waals surface area contributed by atoms with E-state index in [1.165, 1.54) is 12.8 Å². The van der Waals surface area contributed by atoms with Crippen LogP contribution in [-0.2, 0) is 6.54 Å². The molecule has 1 aromatic carbocycles. The summed E-state index contributed by atoms with van der Waals surface area (Å²) in [6.07, 6.45) is 5.79. The molecule has 3 aromatic rings. The van der Waals surface area contributed by atoms with Crippen LogP contribution in [-0.4, -0.2) is 38.3 Å². The lowest BCUT2D eigenvalue weighted by molar-refractivity contribution is 0.144. The first-order chi connectivity index (χ1) is 14.2. The first kappa shape index (κ1) is 17.6. The highest BCUT2D eigenvalue weighted by atomic mass is 35.5. The third-order valence-electron chi connectivity index (χ3n) is 6.65. The SMILES string of the molecule is Clc1cccc(-c2noc([C@H]3CC34CCN(Cc3nc(C5CC5)no3)CC4)n2)c1. The molecule has 2 aliphatic carbocycles. The van der Waals surface area contributed by atoms with Crippen LogP contribution < -0.4 is 0 Å². The molecular formula is C21H22ClN5O2. The van der Waals surface area contributed by atoms with Gasteiger partial charge in [-0.15, -0.1) is 0 Å². The number of likely N-dealkylation sites (tertiary alicyclic amines) is 1. The van der Waals surface area contributed by atoms with Crippen LogP contribution in [0, 0.1) is 5.41 Å². The van der Waals surface area contributed by atoms with Gasteiger partial charge >= 0.3 is 0 Å². The van der Waals surface area contributed by atoms with Gasteiger partial charge in [-0.1, -0.05) is 34.0 Å². The standard InChI is InChI=1S/C21H22ClN5O2/c22-15-3-1-2-14(10-15)19-24-20(29-26-19)16-11-21(16)6-8-27(9-7-21)12-17-23-18(25-28-17)13-4-5-13/h1-3,10,13,16H,4-9,11-12H2/t16-/m1/s1. The summed E-state index contributed by atoms with van der Waals surface area (Å²) in [5.74, 6) is 3.93.